The van der Waals surface area contributed by atoms with Gasteiger partial charge in [0.2, 0.25) is 0 Å². The fraction of sp³-hybridized carbons (Fsp3) is 0.467. The molecule has 0 radical (unpaired) electrons. The number of H-pyrrole nitrogens is 1. The summed E-state index contributed by atoms with van der Waals surface area (Å²) in [7, 11) is 1.72. The average Bonchev–Trinajstić information content (AvgIpc) is 3.67. The number of rotatable bonds is 9. The number of ether oxygens (including phenoxy) is 2. The molecular formula is C30H37N7O3. The first-order valence-electron chi connectivity index (χ1n) is 14.2. The Hall–Kier alpha value is -3.60. The molecule has 0 spiro atoms. The molecule has 2 aliphatic heterocycles. The van der Waals surface area contributed by atoms with Gasteiger partial charge in [-0.1, -0.05) is 31.2 Å². The predicted molar refractivity (Wildman–Crippen MR) is 152 cm³/mol. The highest BCUT2D eigenvalue weighted by Gasteiger charge is 2.33. The lowest BCUT2D eigenvalue weighted by molar-refractivity contribution is 0.0838. The predicted octanol–water partition coefficient (Wildman–Crippen LogP) is 3.17. The molecule has 2 aromatic heterocycles. The van der Waals surface area contributed by atoms with Crippen molar-refractivity contribution in [3.63, 3.8) is 0 Å². The van der Waals surface area contributed by atoms with Crippen molar-refractivity contribution >= 4 is 10.9 Å². The van der Waals surface area contributed by atoms with E-state index in [1.165, 1.54) is 11.1 Å². The van der Waals surface area contributed by atoms with Crippen LogP contribution in [0.3, 0.4) is 0 Å². The SMILES string of the molecule is CCc1ccc2[nH]c(=O)c([C@@H](c3nnnn3C[C@@H]3CCCO3)N3CCN(Cc4ccccc4OC)CC3)cc2c1. The molecule has 4 aromatic rings. The van der Waals surface area contributed by atoms with Gasteiger partial charge in [0.25, 0.3) is 5.56 Å². The molecule has 4 heterocycles. The molecule has 1 N–H and O–H groups in total. The molecule has 0 saturated carbocycles. The normalized spacial score (nSPS) is 19.3. The second-order valence-electron chi connectivity index (χ2n) is 10.7. The molecule has 10 heteroatoms. The van der Waals surface area contributed by atoms with Crippen LogP contribution in [0.1, 0.15) is 48.3 Å². The number of nitrogens with zero attached hydrogens (tertiary/aromatic N) is 6. The minimum absolute atomic E-state index is 0.0857. The Labute approximate surface area is 233 Å². The number of aromatic amines is 1. The molecule has 2 aliphatic rings. The van der Waals surface area contributed by atoms with Crippen molar-refractivity contribution in [3.8, 4) is 5.75 Å². The van der Waals surface area contributed by atoms with E-state index in [9.17, 15) is 4.79 Å². The largest absolute Gasteiger partial charge is 0.496 e. The number of hydrogen-bond acceptors (Lipinski definition) is 8. The Balaban J connectivity index is 1.32. The molecule has 6 rings (SSSR count). The lowest BCUT2D eigenvalue weighted by atomic mass is 10.0. The van der Waals surface area contributed by atoms with E-state index >= 15 is 0 Å². The van der Waals surface area contributed by atoms with Crippen LogP contribution in [-0.2, 0) is 24.2 Å². The van der Waals surface area contributed by atoms with Gasteiger partial charge in [-0.05, 0) is 64.9 Å². The van der Waals surface area contributed by atoms with Crippen molar-refractivity contribution in [3.05, 3.63) is 81.4 Å². The van der Waals surface area contributed by atoms with E-state index in [1.54, 1.807) is 7.11 Å². The van der Waals surface area contributed by atoms with Crippen LogP contribution in [0.5, 0.6) is 5.75 Å². The molecule has 0 amide bonds. The van der Waals surface area contributed by atoms with E-state index in [4.69, 9.17) is 9.47 Å². The number of benzene rings is 2. The van der Waals surface area contributed by atoms with Crippen molar-refractivity contribution < 1.29 is 9.47 Å². The third-order valence-corrected chi connectivity index (χ3v) is 8.20. The second kappa shape index (κ2) is 11.9. The molecule has 40 heavy (non-hydrogen) atoms. The quantitative estimate of drug-likeness (QED) is 0.344. The number of pyridine rings is 1. The smallest absolute Gasteiger partial charge is 0.253 e. The summed E-state index contributed by atoms with van der Waals surface area (Å²) in [5.41, 5.74) is 3.81. The number of nitrogens with one attached hydrogen (secondary N) is 1. The van der Waals surface area contributed by atoms with Crippen molar-refractivity contribution in [2.45, 2.75) is 51.4 Å². The molecule has 0 bridgehead atoms. The highest BCUT2D eigenvalue weighted by atomic mass is 16.5. The summed E-state index contributed by atoms with van der Waals surface area (Å²) in [4.78, 5) is 21.5. The van der Waals surface area contributed by atoms with Crippen LogP contribution in [0.25, 0.3) is 10.9 Å². The van der Waals surface area contributed by atoms with Gasteiger partial charge in [0.15, 0.2) is 5.82 Å². The summed E-state index contributed by atoms with van der Waals surface area (Å²) in [6, 6.07) is 16.0. The van der Waals surface area contributed by atoms with Gasteiger partial charge in [0.1, 0.15) is 11.8 Å². The fourth-order valence-corrected chi connectivity index (χ4v) is 5.97. The van der Waals surface area contributed by atoms with Crippen LogP contribution in [0.15, 0.2) is 53.3 Å². The minimum atomic E-state index is -0.372. The summed E-state index contributed by atoms with van der Waals surface area (Å²) >= 11 is 0. The highest BCUT2D eigenvalue weighted by Crippen LogP contribution is 2.29. The Morgan fingerprint density at radius 1 is 1.12 bits per heavy atom. The lowest BCUT2D eigenvalue weighted by Crippen LogP contribution is -2.48. The van der Waals surface area contributed by atoms with Gasteiger partial charge in [0, 0.05) is 56.0 Å². The highest BCUT2D eigenvalue weighted by molar-refractivity contribution is 5.80. The maximum absolute atomic E-state index is 13.6. The van der Waals surface area contributed by atoms with E-state index < -0.39 is 0 Å². The number of methoxy groups -OCH3 is 1. The molecular weight excluding hydrogens is 506 g/mol. The first-order valence-corrected chi connectivity index (χ1v) is 14.2. The van der Waals surface area contributed by atoms with Gasteiger partial charge in [-0.25, -0.2) is 4.68 Å². The number of tetrazole rings is 1. The minimum Gasteiger partial charge on any atom is -0.496 e. The van der Waals surface area contributed by atoms with Crippen molar-refractivity contribution in [1.29, 1.82) is 0 Å². The fourth-order valence-electron chi connectivity index (χ4n) is 5.97. The molecule has 2 atom stereocenters. The molecule has 10 nitrogen and oxygen atoms in total. The van der Waals surface area contributed by atoms with Gasteiger partial charge in [-0.2, -0.15) is 0 Å². The summed E-state index contributed by atoms with van der Waals surface area (Å²) in [6.07, 6.45) is 3.05. The van der Waals surface area contributed by atoms with Gasteiger partial charge >= 0.3 is 0 Å². The molecule has 2 aromatic carbocycles. The molecule has 0 unspecified atom stereocenters. The summed E-state index contributed by atoms with van der Waals surface area (Å²) < 4.78 is 13.3. The van der Waals surface area contributed by atoms with E-state index in [0.29, 0.717) is 17.9 Å². The van der Waals surface area contributed by atoms with E-state index in [0.717, 1.165) is 75.2 Å². The van der Waals surface area contributed by atoms with Crippen LogP contribution >= 0.6 is 0 Å². The first kappa shape index (κ1) is 26.6. The molecule has 0 aliphatic carbocycles. The number of hydrogen-bond donors (Lipinski definition) is 1. The Morgan fingerprint density at radius 3 is 2.75 bits per heavy atom. The van der Waals surface area contributed by atoms with Gasteiger partial charge < -0.3 is 14.5 Å². The zero-order valence-electron chi connectivity index (χ0n) is 23.3. The van der Waals surface area contributed by atoms with E-state index in [-0.39, 0.29) is 17.7 Å². The van der Waals surface area contributed by atoms with Crippen LogP contribution in [0, 0.1) is 0 Å². The van der Waals surface area contributed by atoms with E-state index in [2.05, 4.69) is 55.4 Å². The number of para-hydroxylation sites is 1. The van der Waals surface area contributed by atoms with Crippen LogP contribution < -0.4 is 10.3 Å². The van der Waals surface area contributed by atoms with Crippen molar-refractivity contribution in [2.75, 3.05) is 39.9 Å². The lowest BCUT2D eigenvalue weighted by Gasteiger charge is -2.38. The van der Waals surface area contributed by atoms with Crippen LogP contribution in [0.2, 0.25) is 0 Å². The van der Waals surface area contributed by atoms with Gasteiger partial charge in [-0.3, -0.25) is 14.6 Å². The van der Waals surface area contributed by atoms with Gasteiger partial charge in [-0.15, -0.1) is 5.10 Å². The maximum Gasteiger partial charge on any atom is 0.253 e. The Morgan fingerprint density at radius 2 is 1.98 bits per heavy atom. The number of aromatic nitrogens is 5. The zero-order chi connectivity index (χ0) is 27.5. The molecule has 2 fully saturated rings. The topological polar surface area (TPSA) is 101 Å². The zero-order valence-corrected chi connectivity index (χ0v) is 23.3. The summed E-state index contributed by atoms with van der Waals surface area (Å²) in [6.45, 7) is 7.57. The molecule has 210 valence electrons. The number of fused-ring (bicyclic) bond motifs is 1. The van der Waals surface area contributed by atoms with Crippen LogP contribution in [0.4, 0.5) is 0 Å². The molecule has 2 saturated heterocycles. The Bertz CT molecular complexity index is 1500. The first-order chi connectivity index (χ1) is 19.6. The van der Waals surface area contributed by atoms with E-state index in [1.807, 2.05) is 35.0 Å². The average molecular weight is 544 g/mol. The standard InChI is InChI=1S/C30H37N7O3/c1-3-21-10-11-26-23(17-21)18-25(30(38)31-26)28(29-32-33-34-37(29)20-24-8-6-16-40-24)36-14-12-35(13-15-36)19-22-7-4-5-9-27(22)39-2/h4-5,7,9-11,17-18,24,28H,3,6,8,12-16,19-20H2,1-2H3,(H,31,38)/t24-,28-/m0/s1. The number of piperazine rings is 1. The Kier molecular flexibility index (Phi) is 7.90. The van der Waals surface area contributed by atoms with Crippen molar-refractivity contribution in [1.82, 2.24) is 35.0 Å². The third kappa shape index (κ3) is 5.52. The van der Waals surface area contributed by atoms with Crippen LogP contribution in [-0.4, -0.2) is 81.0 Å². The monoisotopic (exact) mass is 543 g/mol. The summed E-state index contributed by atoms with van der Waals surface area (Å²) in [5.74, 6) is 1.59. The van der Waals surface area contributed by atoms with Gasteiger partial charge in [0.05, 0.1) is 19.8 Å². The summed E-state index contributed by atoms with van der Waals surface area (Å²) in [5, 5.41) is 13.9. The van der Waals surface area contributed by atoms with Crippen molar-refractivity contribution in [2.24, 2.45) is 0 Å². The third-order valence-electron chi connectivity index (χ3n) is 8.20. The number of aryl methyl sites for hydroxylation is 1. The maximum atomic E-state index is 13.6. The second-order valence-corrected chi connectivity index (χ2v) is 10.7.